The van der Waals surface area contributed by atoms with Crippen LogP contribution in [0.15, 0.2) is 30.3 Å². The summed E-state index contributed by atoms with van der Waals surface area (Å²) < 4.78 is 0. The summed E-state index contributed by atoms with van der Waals surface area (Å²) in [4.78, 5) is 17.1. The van der Waals surface area contributed by atoms with E-state index in [4.69, 9.17) is 5.73 Å². The fourth-order valence-electron chi connectivity index (χ4n) is 3.70. The van der Waals surface area contributed by atoms with Crippen LogP contribution in [0.25, 0.3) is 0 Å². The molecule has 2 N–H and O–H groups in total. The Balaban J connectivity index is 0.00000176. The van der Waals surface area contributed by atoms with Crippen LogP contribution in [0.4, 0.5) is 0 Å². The van der Waals surface area contributed by atoms with Crippen LogP contribution in [0.3, 0.4) is 0 Å². The molecule has 5 heteroatoms. The Bertz CT molecular complexity index is 496. The molecule has 4 nitrogen and oxygen atoms in total. The Morgan fingerprint density at radius 1 is 1.23 bits per heavy atom. The van der Waals surface area contributed by atoms with E-state index in [2.05, 4.69) is 11.9 Å². The minimum absolute atomic E-state index is 0. The van der Waals surface area contributed by atoms with Gasteiger partial charge >= 0.3 is 0 Å². The molecule has 2 bridgehead atoms. The number of fused-ring (bicyclic) bond motifs is 2. The lowest BCUT2D eigenvalue weighted by molar-refractivity contribution is -0.132. The maximum absolute atomic E-state index is 12.6. The predicted octanol–water partition coefficient (Wildman–Crippen LogP) is 1.67. The van der Waals surface area contributed by atoms with Crippen LogP contribution in [0, 0.1) is 0 Å². The molecule has 122 valence electrons. The van der Waals surface area contributed by atoms with Gasteiger partial charge < -0.3 is 10.6 Å². The number of likely N-dealkylation sites (N-methyl/N-ethyl adjacent to an activating group) is 1. The number of nitrogens with zero attached hydrogens (tertiary/aromatic N) is 2. The molecule has 1 aromatic rings. The van der Waals surface area contributed by atoms with E-state index >= 15 is 0 Å². The minimum atomic E-state index is -0.422. The van der Waals surface area contributed by atoms with Gasteiger partial charge in [-0.2, -0.15) is 0 Å². The molecule has 1 aromatic carbocycles. The summed E-state index contributed by atoms with van der Waals surface area (Å²) in [6.07, 6.45) is 4.19. The second-order valence-corrected chi connectivity index (χ2v) is 6.42. The first-order chi connectivity index (χ1) is 10.1. The molecule has 3 unspecified atom stereocenters. The number of carbonyl (C=O) groups is 1. The molecule has 3 rings (SSSR count). The van der Waals surface area contributed by atoms with Crippen LogP contribution in [0.1, 0.15) is 24.8 Å². The van der Waals surface area contributed by atoms with Crippen molar-refractivity contribution in [3.63, 3.8) is 0 Å². The number of carbonyl (C=O) groups excluding carboxylic acids is 1. The molecule has 0 aromatic heterocycles. The quantitative estimate of drug-likeness (QED) is 0.920. The van der Waals surface area contributed by atoms with Gasteiger partial charge in [0.15, 0.2) is 0 Å². The summed E-state index contributed by atoms with van der Waals surface area (Å²) in [6.45, 7) is 1.70. The Morgan fingerprint density at radius 3 is 2.64 bits per heavy atom. The normalized spacial score (nSPS) is 26.2. The van der Waals surface area contributed by atoms with Gasteiger partial charge in [-0.25, -0.2) is 0 Å². The molecule has 1 amide bonds. The van der Waals surface area contributed by atoms with Crippen molar-refractivity contribution in [2.45, 2.75) is 43.8 Å². The molecular weight excluding hydrogens is 298 g/mol. The van der Waals surface area contributed by atoms with Gasteiger partial charge in [0, 0.05) is 25.2 Å². The molecule has 2 fully saturated rings. The van der Waals surface area contributed by atoms with Gasteiger partial charge in [-0.15, -0.1) is 12.4 Å². The molecule has 0 radical (unpaired) electrons. The van der Waals surface area contributed by atoms with Crippen LogP contribution >= 0.6 is 12.4 Å². The maximum Gasteiger partial charge on any atom is 0.239 e. The first kappa shape index (κ1) is 17.3. The minimum Gasteiger partial charge on any atom is -0.340 e. The van der Waals surface area contributed by atoms with Gasteiger partial charge in [0.1, 0.15) is 0 Å². The Hall–Kier alpha value is -1.10. The van der Waals surface area contributed by atoms with E-state index in [1.165, 1.54) is 12.8 Å². The summed E-state index contributed by atoms with van der Waals surface area (Å²) in [5.74, 6) is 0.111. The fraction of sp³-hybridized carbons (Fsp3) is 0.588. The first-order valence-electron chi connectivity index (χ1n) is 7.95. The molecule has 3 atom stereocenters. The highest BCUT2D eigenvalue weighted by atomic mass is 35.5. The van der Waals surface area contributed by atoms with Gasteiger partial charge in [-0.1, -0.05) is 30.3 Å². The Kier molecular flexibility index (Phi) is 5.84. The average Bonchev–Trinajstić information content (AvgIpc) is 2.72. The van der Waals surface area contributed by atoms with Gasteiger partial charge in [0.2, 0.25) is 5.91 Å². The molecule has 0 saturated carbocycles. The van der Waals surface area contributed by atoms with Crippen molar-refractivity contribution in [1.29, 1.82) is 0 Å². The van der Waals surface area contributed by atoms with Crippen LogP contribution in [-0.2, 0) is 11.2 Å². The SMILES string of the molecule is CN1C2CCC1CN(C(=O)C(N)Cc1ccccc1)CC2.Cl. The van der Waals surface area contributed by atoms with Gasteiger partial charge in [-0.05, 0) is 38.3 Å². The van der Waals surface area contributed by atoms with Gasteiger partial charge in [0.05, 0.1) is 6.04 Å². The van der Waals surface area contributed by atoms with E-state index in [9.17, 15) is 4.79 Å². The molecule has 0 aliphatic carbocycles. The zero-order valence-electron chi connectivity index (χ0n) is 13.1. The van der Waals surface area contributed by atoms with E-state index in [1.54, 1.807) is 0 Å². The molecule has 2 aliphatic heterocycles. The number of benzene rings is 1. The summed E-state index contributed by atoms with van der Waals surface area (Å²) >= 11 is 0. The van der Waals surface area contributed by atoms with E-state index in [1.807, 2.05) is 35.2 Å². The highest BCUT2D eigenvalue weighted by Gasteiger charge is 2.36. The van der Waals surface area contributed by atoms with Gasteiger partial charge in [-0.3, -0.25) is 9.69 Å². The molecule has 2 aliphatic rings. The third kappa shape index (κ3) is 3.62. The van der Waals surface area contributed by atoms with Crippen LogP contribution in [0.5, 0.6) is 0 Å². The van der Waals surface area contributed by atoms with Crippen LogP contribution < -0.4 is 5.73 Å². The number of likely N-dealkylation sites (tertiary alicyclic amines) is 1. The zero-order valence-corrected chi connectivity index (χ0v) is 14.0. The van der Waals surface area contributed by atoms with E-state index in [0.29, 0.717) is 18.5 Å². The molecule has 2 heterocycles. The molecular formula is C17H26ClN3O. The number of nitrogens with two attached hydrogens (primary N) is 1. The molecule has 22 heavy (non-hydrogen) atoms. The topological polar surface area (TPSA) is 49.6 Å². The first-order valence-corrected chi connectivity index (χ1v) is 7.95. The monoisotopic (exact) mass is 323 g/mol. The van der Waals surface area contributed by atoms with Gasteiger partial charge in [0.25, 0.3) is 0 Å². The second kappa shape index (κ2) is 7.44. The third-order valence-corrected chi connectivity index (χ3v) is 5.08. The molecule has 2 saturated heterocycles. The van der Waals surface area contributed by atoms with E-state index < -0.39 is 6.04 Å². The number of hydrogen-bond acceptors (Lipinski definition) is 3. The highest BCUT2D eigenvalue weighted by Crippen LogP contribution is 2.28. The molecule has 0 spiro atoms. The number of amides is 1. The van der Waals surface area contributed by atoms with Crippen molar-refractivity contribution < 1.29 is 4.79 Å². The maximum atomic E-state index is 12.6. The summed E-state index contributed by atoms with van der Waals surface area (Å²) in [7, 11) is 2.19. The zero-order chi connectivity index (χ0) is 14.8. The number of rotatable bonds is 3. The highest BCUT2D eigenvalue weighted by molar-refractivity contribution is 5.85. The predicted molar refractivity (Wildman–Crippen MR) is 91.1 cm³/mol. The van der Waals surface area contributed by atoms with Crippen LogP contribution in [-0.4, -0.2) is 54.0 Å². The largest absolute Gasteiger partial charge is 0.340 e. The average molecular weight is 324 g/mol. The standard InChI is InChI=1S/C17H25N3O.ClH/c1-19-14-7-8-15(19)12-20(10-9-14)17(21)16(18)11-13-5-3-2-4-6-13;/h2-6,14-16H,7-12,18H2,1H3;1H. The summed E-state index contributed by atoms with van der Waals surface area (Å²) in [6, 6.07) is 10.8. The van der Waals surface area contributed by atoms with Crippen molar-refractivity contribution in [3.8, 4) is 0 Å². The lowest BCUT2D eigenvalue weighted by atomic mass is 10.0. The smallest absolute Gasteiger partial charge is 0.239 e. The van der Waals surface area contributed by atoms with Crippen molar-refractivity contribution >= 4 is 18.3 Å². The summed E-state index contributed by atoms with van der Waals surface area (Å²) in [5.41, 5.74) is 7.29. The third-order valence-electron chi connectivity index (χ3n) is 5.08. The van der Waals surface area contributed by atoms with Crippen molar-refractivity contribution in [2.24, 2.45) is 5.73 Å². The van der Waals surface area contributed by atoms with E-state index in [-0.39, 0.29) is 18.3 Å². The fourth-order valence-corrected chi connectivity index (χ4v) is 3.70. The Morgan fingerprint density at radius 2 is 1.91 bits per heavy atom. The number of hydrogen-bond donors (Lipinski definition) is 1. The van der Waals surface area contributed by atoms with Crippen molar-refractivity contribution in [3.05, 3.63) is 35.9 Å². The van der Waals surface area contributed by atoms with Crippen LogP contribution in [0.2, 0.25) is 0 Å². The van der Waals surface area contributed by atoms with Crippen molar-refractivity contribution in [2.75, 3.05) is 20.1 Å². The second-order valence-electron chi connectivity index (χ2n) is 6.42. The van der Waals surface area contributed by atoms with Crippen molar-refractivity contribution in [1.82, 2.24) is 9.80 Å². The number of halogens is 1. The lowest BCUT2D eigenvalue weighted by Crippen LogP contribution is -2.48. The Labute approximate surface area is 139 Å². The van der Waals surface area contributed by atoms with E-state index in [0.717, 1.165) is 25.1 Å². The summed E-state index contributed by atoms with van der Waals surface area (Å²) in [5, 5.41) is 0. The lowest BCUT2D eigenvalue weighted by Gasteiger charge is -2.28.